The van der Waals surface area contributed by atoms with Gasteiger partial charge in [-0.1, -0.05) is 18.2 Å². The van der Waals surface area contributed by atoms with Crippen molar-refractivity contribution >= 4 is 21.8 Å². The molecular formula is C20H21N3O. The summed E-state index contributed by atoms with van der Waals surface area (Å²) < 4.78 is 4.33. The number of aliphatic hydroxyl groups is 1. The van der Waals surface area contributed by atoms with Crippen molar-refractivity contribution in [3.05, 3.63) is 60.4 Å². The summed E-state index contributed by atoms with van der Waals surface area (Å²) in [5.41, 5.74) is 4.72. The molecule has 0 radical (unpaired) electrons. The van der Waals surface area contributed by atoms with Crippen LogP contribution in [0.1, 0.15) is 19.0 Å². The minimum atomic E-state index is 0.203. The molecule has 4 rings (SSSR count). The Morgan fingerprint density at radius 1 is 1.00 bits per heavy atom. The maximum absolute atomic E-state index is 9.08. The number of hydrogen-bond acceptors (Lipinski definition) is 2. The summed E-state index contributed by atoms with van der Waals surface area (Å²) in [7, 11) is 0. The summed E-state index contributed by atoms with van der Waals surface area (Å²) >= 11 is 0. The van der Waals surface area contributed by atoms with Gasteiger partial charge in [-0.25, -0.2) is 4.68 Å². The molecule has 0 unspecified atom stereocenters. The van der Waals surface area contributed by atoms with Gasteiger partial charge in [0, 0.05) is 46.8 Å². The van der Waals surface area contributed by atoms with Crippen molar-refractivity contribution in [1.82, 2.24) is 14.3 Å². The van der Waals surface area contributed by atoms with Crippen LogP contribution in [-0.2, 0) is 13.0 Å². The number of nitrogens with zero attached hydrogens (tertiary/aromatic N) is 3. The van der Waals surface area contributed by atoms with Crippen LogP contribution in [0.3, 0.4) is 0 Å². The summed E-state index contributed by atoms with van der Waals surface area (Å²) in [5.74, 6) is 0. The zero-order valence-corrected chi connectivity index (χ0v) is 13.8. The van der Waals surface area contributed by atoms with E-state index in [9.17, 15) is 0 Å². The first-order valence-electron chi connectivity index (χ1n) is 8.48. The van der Waals surface area contributed by atoms with Gasteiger partial charge in [0.1, 0.15) is 0 Å². The molecule has 4 nitrogen and oxygen atoms in total. The normalized spacial score (nSPS) is 11.6. The summed E-state index contributed by atoms with van der Waals surface area (Å²) in [6, 6.07) is 17.1. The monoisotopic (exact) mass is 319 g/mol. The second-order valence-corrected chi connectivity index (χ2v) is 6.02. The van der Waals surface area contributed by atoms with Crippen molar-refractivity contribution in [3.63, 3.8) is 0 Å². The fourth-order valence-electron chi connectivity index (χ4n) is 3.53. The Morgan fingerprint density at radius 2 is 1.83 bits per heavy atom. The molecule has 24 heavy (non-hydrogen) atoms. The highest BCUT2D eigenvalue weighted by Gasteiger charge is 2.11. The molecule has 0 spiro atoms. The summed E-state index contributed by atoms with van der Waals surface area (Å²) in [5, 5.41) is 16.1. The van der Waals surface area contributed by atoms with E-state index in [2.05, 4.69) is 59.1 Å². The van der Waals surface area contributed by atoms with Crippen LogP contribution < -0.4 is 0 Å². The Balaban J connectivity index is 1.90. The molecule has 0 saturated carbocycles. The lowest BCUT2D eigenvalue weighted by molar-refractivity contribution is 0.287. The van der Waals surface area contributed by atoms with Crippen molar-refractivity contribution in [1.29, 1.82) is 0 Å². The predicted octanol–water partition coefficient (Wildman–Crippen LogP) is 3.93. The molecule has 0 atom stereocenters. The predicted molar refractivity (Wildman–Crippen MR) is 97.6 cm³/mol. The SMILES string of the molecule is CCn1c2ccccc2c2cc(-n3nccc3CCCO)ccc21. The molecule has 0 aliphatic heterocycles. The molecule has 0 amide bonds. The highest BCUT2D eigenvalue weighted by atomic mass is 16.2. The molecule has 0 bridgehead atoms. The molecule has 0 fully saturated rings. The lowest BCUT2D eigenvalue weighted by atomic mass is 10.1. The number of fused-ring (bicyclic) bond motifs is 3. The third kappa shape index (κ3) is 2.31. The van der Waals surface area contributed by atoms with E-state index in [1.165, 1.54) is 21.8 Å². The topological polar surface area (TPSA) is 43.0 Å². The van der Waals surface area contributed by atoms with Crippen LogP contribution in [0, 0.1) is 0 Å². The molecule has 0 aliphatic carbocycles. The van der Waals surface area contributed by atoms with E-state index in [-0.39, 0.29) is 6.61 Å². The van der Waals surface area contributed by atoms with Crippen LogP contribution in [0.5, 0.6) is 0 Å². The van der Waals surface area contributed by atoms with Gasteiger partial charge in [-0.05, 0) is 50.1 Å². The average Bonchev–Trinajstić information content (AvgIpc) is 3.21. The van der Waals surface area contributed by atoms with Gasteiger partial charge in [-0.2, -0.15) is 5.10 Å². The van der Waals surface area contributed by atoms with Crippen molar-refractivity contribution in [2.75, 3.05) is 6.61 Å². The maximum atomic E-state index is 9.08. The summed E-state index contributed by atoms with van der Waals surface area (Å²) in [6.45, 7) is 3.33. The molecule has 122 valence electrons. The zero-order chi connectivity index (χ0) is 16.5. The zero-order valence-electron chi connectivity index (χ0n) is 13.8. The first-order chi connectivity index (χ1) is 11.8. The van der Waals surface area contributed by atoms with Gasteiger partial charge >= 0.3 is 0 Å². The lowest BCUT2D eigenvalue weighted by Crippen LogP contribution is -2.03. The van der Waals surface area contributed by atoms with Crippen molar-refractivity contribution < 1.29 is 5.11 Å². The fourth-order valence-corrected chi connectivity index (χ4v) is 3.53. The number of benzene rings is 2. The van der Waals surface area contributed by atoms with Crippen LogP contribution in [0.4, 0.5) is 0 Å². The molecule has 0 saturated heterocycles. The number of rotatable bonds is 5. The molecule has 2 aromatic heterocycles. The van der Waals surface area contributed by atoms with E-state index in [0.717, 1.165) is 30.8 Å². The number of aryl methyl sites for hydroxylation is 2. The number of aliphatic hydroxyl groups excluding tert-OH is 1. The van der Waals surface area contributed by atoms with Gasteiger partial charge in [-0.3, -0.25) is 0 Å². The summed E-state index contributed by atoms with van der Waals surface area (Å²) in [4.78, 5) is 0. The Morgan fingerprint density at radius 3 is 2.67 bits per heavy atom. The molecule has 4 aromatic rings. The van der Waals surface area contributed by atoms with Crippen molar-refractivity contribution in [3.8, 4) is 5.69 Å². The third-order valence-electron chi connectivity index (χ3n) is 4.63. The van der Waals surface area contributed by atoms with Gasteiger partial charge in [0.15, 0.2) is 0 Å². The molecule has 2 aromatic carbocycles. The summed E-state index contributed by atoms with van der Waals surface area (Å²) in [6.07, 6.45) is 3.40. The lowest BCUT2D eigenvalue weighted by Gasteiger charge is -2.08. The van der Waals surface area contributed by atoms with Gasteiger partial charge < -0.3 is 9.67 Å². The van der Waals surface area contributed by atoms with E-state index in [1.54, 1.807) is 0 Å². The Labute approximate surface area is 140 Å². The minimum absolute atomic E-state index is 0.203. The highest BCUT2D eigenvalue weighted by molar-refractivity contribution is 6.08. The maximum Gasteiger partial charge on any atom is 0.0656 e. The Bertz CT molecular complexity index is 997. The van der Waals surface area contributed by atoms with E-state index < -0.39 is 0 Å². The highest BCUT2D eigenvalue weighted by Crippen LogP contribution is 2.30. The largest absolute Gasteiger partial charge is 0.396 e. The average molecular weight is 319 g/mol. The van der Waals surface area contributed by atoms with E-state index >= 15 is 0 Å². The van der Waals surface area contributed by atoms with Crippen molar-refractivity contribution in [2.24, 2.45) is 0 Å². The minimum Gasteiger partial charge on any atom is -0.396 e. The number of aromatic nitrogens is 3. The molecule has 4 heteroatoms. The van der Waals surface area contributed by atoms with E-state index in [0.29, 0.717) is 0 Å². The van der Waals surface area contributed by atoms with Crippen molar-refractivity contribution in [2.45, 2.75) is 26.3 Å². The molecule has 1 N–H and O–H groups in total. The quantitative estimate of drug-likeness (QED) is 0.606. The second kappa shape index (κ2) is 6.13. The first-order valence-corrected chi connectivity index (χ1v) is 8.48. The first kappa shape index (κ1) is 15.0. The van der Waals surface area contributed by atoms with Gasteiger partial charge in [0.05, 0.1) is 5.69 Å². The van der Waals surface area contributed by atoms with Crippen LogP contribution in [0.25, 0.3) is 27.5 Å². The number of hydrogen-bond donors (Lipinski definition) is 1. The molecule has 2 heterocycles. The third-order valence-corrected chi connectivity index (χ3v) is 4.63. The number of para-hydroxylation sites is 1. The fraction of sp³-hybridized carbons (Fsp3) is 0.250. The Kier molecular flexibility index (Phi) is 3.82. The van der Waals surface area contributed by atoms with Crippen LogP contribution in [-0.4, -0.2) is 26.1 Å². The molecule has 0 aliphatic rings. The van der Waals surface area contributed by atoms with Crippen LogP contribution in [0.15, 0.2) is 54.7 Å². The molecular weight excluding hydrogens is 298 g/mol. The van der Waals surface area contributed by atoms with E-state index in [4.69, 9.17) is 5.11 Å². The Hall–Kier alpha value is -2.59. The van der Waals surface area contributed by atoms with Gasteiger partial charge in [0.25, 0.3) is 0 Å². The second-order valence-electron chi connectivity index (χ2n) is 6.02. The smallest absolute Gasteiger partial charge is 0.0656 e. The van der Waals surface area contributed by atoms with Crippen LogP contribution >= 0.6 is 0 Å². The van der Waals surface area contributed by atoms with Gasteiger partial charge in [-0.15, -0.1) is 0 Å². The van der Waals surface area contributed by atoms with Crippen LogP contribution in [0.2, 0.25) is 0 Å². The van der Waals surface area contributed by atoms with Gasteiger partial charge in [0.2, 0.25) is 0 Å². The standard InChI is InChI=1S/C20H21N3O/c1-2-22-19-8-4-3-7-17(19)18-14-16(9-10-20(18)22)23-15(6-5-13-24)11-12-21-23/h3-4,7-12,14,24H,2,5-6,13H2,1H3. The van der Waals surface area contributed by atoms with E-state index in [1.807, 2.05) is 16.9 Å².